The van der Waals surface area contributed by atoms with E-state index in [1.54, 1.807) is 62.4 Å². The third kappa shape index (κ3) is 20.3. The molecule has 0 saturated carbocycles. The summed E-state index contributed by atoms with van der Waals surface area (Å²) in [7, 11) is 7.28. The summed E-state index contributed by atoms with van der Waals surface area (Å²) in [5.41, 5.74) is 5.41. The molecule has 1 unspecified atom stereocenters. The fourth-order valence-electron chi connectivity index (χ4n) is 11.8. The highest BCUT2D eigenvalue weighted by atomic mass is 35.5. The van der Waals surface area contributed by atoms with Crippen LogP contribution >= 0.6 is 11.6 Å². The van der Waals surface area contributed by atoms with Crippen LogP contribution in [0.1, 0.15) is 129 Å². The summed E-state index contributed by atoms with van der Waals surface area (Å²) in [6.45, 7) is 10.6. The number of urea groups is 1. The minimum Gasteiger partial charge on any atom is -0.495 e. The van der Waals surface area contributed by atoms with Crippen molar-refractivity contribution in [1.82, 2.24) is 25.3 Å². The first-order valence-corrected chi connectivity index (χ1v) is 32.2. The van der Waals surface area contributed by atoms with E-state index in [9.17, 15) is 57.8 Å². The summed E-state index contributed by atoms with van der Waals surface area (Å²) in [6.07, 6.45) is 4.80. The highest BCUT2D eigenvalue weighted by Crippen LogP contribution is 2.50. The normalized spacial score (nSPS) is 24.0. The number of rotatable bonds is 28. The number of carbonyl (C=O) groups is 11. The van der Waals surface area contributed by atoms with Crippen LogP contribution in [0.4, 0.5) is 15.3 Å². The van der Waals surface area contributed by atoms with E-state index in [2.05, 4.69) is 10.6 Å². The molecular weight excluding hydrogens is 1240 g/mol. The Labute approximate surface area is 554 Å². The number of hydrogen-bond acceptors (Lipinski definition) is 18. The number of hydrogen-bond donors (Lipinski definition) is 4. The van der Waals surface area contributed by atoms with E-state index >= 15 is 0 Å². The summed E-state index contributed by atoms with van der Waals surface area (Å²) < 4.78 is 35.3. The molecule has 94 heavy (non-hydrogen) atoms. The fraction of sp³-hybridized carbons (Fsp3) is 0.574. The zero-order chi connectivity index (χ0) is 69.4. The number of nitrogens with zero attached hydrogens (tertiary/aromatic N) is 4. The zero-order valence-electron chi connectivity index (χ0n) is 55.7. The van der Waals surface area contributed by atoms with Gasteiger partial charge in [0, 0.05) is 104 Å². The molecule has 0 radical (unpaired) electrons. The molecule has 6 rings (SSSR count). The maximum Gasteiger partial charge on any atom is 0.409 e. The molecule has 2 fully saturated rings. The van der Waals surface area contributed by atoms with Gasteiger partial charge in [-0.1, -0.05) is 86.9 Å². The molecule has 4 aliphatic heterocycles. The number of ketones is 2. The number of unbranched alkanes of at least 4 members (excludes halogenated alkanes) is 2. The van der Waals surface area contributed by atoms with Crippen LogP contribution in [-0.4, -0.2) is 188 Å². The second kappa shape index (κ2) is 33.9. The van der Waals surface area contributed by atoms with Gasteiger partial charge < -0.3 is 64.6 Å². The Hall–Kier alpha value is -8.00. The number of nitrogens with one attached hydrogen (secondary N) is 2. The molecule has 4 bridgehead atoms. The number of methoxy groups -OCH3 is 2. The highest BCUT2D eigenvalue weighted by Gasteiger charge is 2.64. The molecule has 0 aromatic heterocycles. The molecular formula is C68H92ClN7O18. The monoisotopic (exact) mass is 1330 g/mol. The predicted molar refractivity (Wildman–Crippen MR) is 346 cm³/mol. The Morgan fingerprint density at radius 1 is 0.936 bits per heavy atom. The van der Waals surface area contributed by atoms with Crippen LogP contribution in [0.2, 0.25) is 5.02 Å². The van der Waals surface area contributed by atoms with Gasteiger partial charge >= 0.3 is 24.1 Å². The number of ether oxygens (including phenoxy) is 6. The van der Waals surface area contributed by atoms with E-state index in [0.29, 0.717) is 54.7 Å². The number of epoxide rings is 1. The van der Waals surface area contributed by atoms with Gasteiger partial charge in [-0.15, -0.1) is 0 Å². The van der Waals surface area contributed by atoms with Crippen LogP contribution in [0.5, 0.6) is 5.75 Å². The van der Waals surface area contributed by atoms with Gasteiger partial charge in [0.2, 0.25) is 17.7 Å². The Balaban J connectivity index is 1.03. The van der Waals surface area contributed by atoms with E-state index in [1.807, 2.05) is 26.8 Å². The van der Waals surface area contributed by atoms with E-state index in [0.717, 1.165) is 16.0 Å². The Morgan fingerprint density at radius 2 is 1.62 bits per heavy atom. The van der Waals surface area contributed by atoms with Crippen molar-refractivity contribution >= 4 is 82.5 Å². The smallest absolute Gasteiger partial charge is 0.409 e. The van der Waals surface area contributed by atoms with Gasteiger partial charge in [-0.3, -0.25) is 43.3 Å². The number of carbonyl (C=O) groups excluding carboxylic acids is 11. The van der Waals surface area contributed by atoms with Crippen LogP contribution in [0.15, 0.2) is 72.4 Å². The molecule has 26 heteroatoms. The van der Waals surface area contributed by atoms with Crippen molar-refractivity contribution in [1.29, 1.82) is 0 Å². The lowest BCUT2D eigenvalue weighted by molar-refractivity contribution is -0.187. The van der Waals surface area contributed by atoms with Gasteiger partial charge in [0.05, 0.1) is 37.8 Å². The molecule has 10 atom stereocenters. The second-order valence-electron chi connectivity index (χ2n) is 25.5. The number of benzene rings is 2. The Kier molecular flexibility index (Phi) is 27.1. The molecule has 2 aromatic carbocycles. The number of aliphatic hydroxyl groups is 1. The van der Waals surface area contributed by atoms with Crippen molar-refractivity contribution in [3.63, 3.8) is 0 Å². The molecule has 2 saturated heterocycles. The number of Topliss-reactive ketones (excluding diaryl/α,β-unsaturated/α-hetero) is 2. The molecule has 4 aliphatic rings. The molecule has 2 aromatic rings. The van der Waals surface area contributed by atoms with Crippen LogP contribution in [0.3, 0.4) is 0 Å². The van der Waals surface area contributed by atoms with Gasteiger partial charge in [-0.25, -0.2) is 14.4 Å². The number of imide groups is 1. The molecule has 8 amide bonds. The number of likely N-dealkylation sites (N-methyl/N-ethyl adjacent to an activating group) is 1. The number of fused-ring (bicyclic) bond motifs is 5. The standard InChI is InChI=1S/C68H92ClN7O18/c1-40(2)48(35-47(77)18-13-12-14-29-76-57(80)25-26-58(76)81)63(84)72-49(19-16-28-71-65(70)86)51(78)33-44-21-23-45(24-22-44)39-91-66(87)73(7)30-27-56(79)74(8)43(5)64(85)93-55-36-59(82)75(9)50-32-46(34-52(89-10)61(50)69)31-41(3)17-15-20-54(90-11)68(88)37-53(92-60(83)38-68)42(4)62-67(55,6)94-62/h15,17,20-26,32,34,40,42-43,48-49,53-55,62,88H,12-14,16,18-19,27-31,33,35-39H2,1-11H3,(H,72,84)(H3,70,71,86)/b20-15+,41-17+/t42-,43+,48?,49-,53+,54-,55+,62+,67+,68-/m1/s1. The van der Waals surface area contributed by atoms with E-state index < -0.39 is 108 Å². The largest absolute Gasteiger partial charge is 0.495 e. The minimum atomic E-state index is -1.66. The molecule has 514 valence electrons. The molecule has 5 N–H and O–H groups in total. The lowest BCUT2D eigenvalue weighted by Crippen LogP contribution is -2.53. The third-order valence-electron chi connectivity index (χ3n) is 18.0. The fourth-order valence-corrected chi connectivity index (χ4v) is 12.2. The lowest BCUT2D eigenvalue weighted by Gasteiger charge is -2.41. The summed E-state index contributed by atoms with van der Waals surface area (Å²) in [6, 6.07) is 7.33. The van der Waals surface area contributed by atoms with Gasteiger partial charge in [-0.2, -0.15) is 0 Å². The van der Waals surface area contributed by atoms with Crippen LogP contribution in [0.25, 0.3) is 0 Å². The molecule has 25 nitrogen and oxygen atoms in total. The van der Waals surface area contributed by atoms with Crippen LogP contribution in [-0.2, 0) is 86.3 Å². The maximum absolute atomic E-state index is 14.5. The molecule has 0 aliphatic carbocycles. The SMILES string of the molecule is COc1cc2cc(c1Cl)N(C)C(=O)C[C@H](OC(=O)[C@H](C)N(C)C(=O)CCN(C)C(=O)OCc1ccc(CC(=O)[C@@H](CCCNC(N)=O)NC(=O)C(CC(=O)CCCCCN3C(=O)C=CC3=O)C(C)C)cc1)[C@]1(C)O[C@H]1[C@H](C)[C@@H]1C[C@@](O)(CC(=O)O1)[C@H](OC)/C=C/C=C(\C)C2. The summed E-state index contributed by atoms with van der Waals surface area (Å²) in [5.74, 6) is -5.43. The first-order valence-electron chi connectivity index (χ1n) is 31.8. The highest BCUT2D eigenvalue weighted by molar-refractivity contribution is 6.35. The summed E-state index contributed by atoms with van der Waals surface area (Å²) >= 11 is 6.85. The van der Waals surface area contributed by atoms with E-state index in [1.165, 1.54) is 69.1 Å². The lowest BCUT2D eigenvalue weighted by atomic mass is 9.78. The Bertz CT molecular complexity index is 3210. The average molecular weight is 1330 g/mol. The van der Waals surface area contributed by atoms with Gasteiger partial charge in [0.25, 0.3) is 11.8 Å². The maximum atomic E-state index is 14.5. The predicted octanol–water partition coefficient (Wildman–Crippen LogP) is 6.18. The quantitative estimate of drug-likeness (QED) is 0.0243. The van der Waals surface area contributed by atoms with Gasteiger partial charge in [0.15, 0.2) is 5.78 Å². The topological polar surface area (TPSA) is 330 Å². The number of halogens is 1. The van der Waals surface area contributed by atoms with Crippen molar-refractivity contribution in [2.75, 3.05) is 59.9 Å². The third-order valence-corrected chi connectivity index (χ3v) is 18.4. The van der Waals surface area contributed by atoms with Crippen molar-refractivity contribution in [2.24, 2.45) is 23.5 Å². The van der Waals surface area contributed by atoms with Gasteiger partial charge in [-0.05, 0) is 87.6 Å². The van der Waals surface area contributed by atoms with Crippen molar-refractivity contribution in [2.45, 2.75) is 179 Å². The van der Waals surface area contributed by atoms with E-state index in [4.69, 9.17) is 45.8 Å². The molecule has 4 heterocycles. The van der Waals surface area contributed by atoms with Crippen LogP contribution < -0.4 is 26.0 Å². The molecule has 0 spiro atoms. The zero-order valence-corrected chi connectivity index (χ0v) is 56.5. The van der Waals surface area contributed by atoms with Crippen LogP contribution in [0, 0.1) is 17.8 Å². The number of primary amides is 1. The Morgan fingerprint density at radius 3 is 2.27 bits per heavy atom. The summed E-state index contributed by atoms with van der Waals surface area (Å²) in [5, 5.41) is 17.5. The van der Waals surface area contributed by atoms with Crippen molar-refractivity contribution < 1.29 is 86.3 Å². The number of allylic oxidation sites excluding steroid dienone is 3. The summed E-state index contributed by atoms with van der Waals surface area (Å²) in [4.78, 5) is 149. The van der Waals surface area contributed by atoms with E-state index in [-0.39, 0.29) is 106 Å². The second-order valence-corrected chi connectivity index (χ2v) is 25.8. The first kappa shape index (κ1) is 75.0. The van der Waals surface area contributed by atoms with Crippen molar-refractivity contribution in [3.05, 3.63) is 94.1 Å². The van der Waals surface area contributed by atoms with Gasteiger partial charge in [0.1, 0.15) is 58.7 Å². The minimum absolute atomic E-state index is 0.0158. The number of nitrogens with two attached hydrogens (primary N) is 1. The average Bonchev–Trinajstić information content (AvgIpc) is 1.58. The number of amides is 8. The number of anilines is 1. The number of esters is 2. The van der Waals surface area contributed by atoms with Crippen molar-refractivity contribution in [3.8, 4) is 5.75 Å². The first-order chi connectivity index (χ1) is 44.4.